The van der Waals surface area contributed by atoms with Crippen LogP contribution in [0.5, 0.6) is 0 Å². The molecule has 0 aromatic heterocycles. The maximum Gasteiger partial charge on any atom is 0.229 e. The van der Waals surface area contributed by atoms with Crippen LogP contribution in [-0.2, 0) is 6.54 Å². The Labute approximate surface area is 123 Å². The minimum atomic E-state index is -0.390. The molecule has 4 nitrogen and oxygen atoms in total. The van der Waals surface area contributed by atoms with E-state index in [0.717, 1.165) is 16.7 Å². The molecule has 0 atom stereocenters. The smallest absolute Gasteiger partial charge is 0.229 e. The Kier molecular flexibility index (Phi) is 4.17. The number of hydrogen-bond donors (Lipinski definition) is 0. The molecule has 21 heavy (non-hydrogen) atoms. The zero-order valence-corrected chi connectivity index (χ0v) is 12.3. The summed E-state index contributed by atoms with van der Waals surface area (Å²) in [5.41, 5.74) is 4.10. The Balaban J connectivity index is 2.66. The fourth-order valence-electron chi connectivity index (χ4n) is 2.51. The summed E-state index contributed by atoms with van der Waals surface area (Å²) < 4.78 is 0. The number of nitro groups is 1. The Hall–Kier alpha value is -2.49. The largest absolute Gasteiger partial charge is 0.289 e. The van der Waals surface area contributed by atoms with Gasteiger partial charge in [-0.3, -0.25) is 14.9 Å². The van der Waals surface area contributed by atoms with Crippen molar-refractivity contribution in [1.82, 2.24) is 0 Å². The monoisotopic (exact) mass is 283 g/mol. The van der Waals surface area contributed by atoms with Crippen LogP contribution in [-0.4, -0.2) is 10.7 Å². The summed E-state index contributed by atoms with van der Waals surface area (Å²) >= 11 is 0. The molecule has 0 radical (unpaired) electrons. The van der Waals surface area contributed by atoms with Crippen molar-refractivity contribution in [2.45, 2.75) is 27.3 Å². The molecule has 0 bridgehead atoms. The molecule has 2 aromatic rings. The minimum absolute atomic E-state index is 0.156. The first kappa shape index (κ1) is 14.9. The lowest BCUT2D eigenvalue weighted by molar-refractivity contribution is -0.496. The van der Waals surface area contributed by atoms with Crippen LogP contribution in [0.1, 0.15) is 38.2 Å². The van der Waals surface area contributed by atoms with Gasteiger partial charge >= 0.3 is 0 Å². The van der Waals surface area contributed by atoms with E-state index in [1.54, 1.807) is 24.3 Å². The fourth-order valence-corrected chi connectivity index (χ4v) is 2.51. The topological polar surface area (TPSA) is 60.2 Å². The van der Waals surface area contributed by atoms with Crippen LogP contribution in [0, 0.1) is 30.9 Å². The molecule has 0 unspecified atom stereocenters. The van der Waals surface area contributed by atoms with E-state index in [2.05, 4.69) is 0 Å². The molecule has 0 fully saturated rings. The SMILES string of the molecule is Cc1cc(C)c(C[N+](=O)[O-])c(C(=O)c2ccccc2)c1C. The van der Waals surface area contributed by atoms with Crippen molar-refractivity contribution < 1.29 is 9.72 Å². The maximum atomic E-state index is 12.8. The van der Waals surface area contributed by atoms with Crippen molar-refractivity contribution in [1.29, 1.82) is 0 Å². The molecule has 0 aliphatic carbocycles. The Morgan fingerprint density at radius 1 is 1.10 bits per heavy atom. The van der Waals surface area contributed by atoms with Gasteiger partial charge in [0.25, 0.3) is 0 Å². The third kappa shape index (κ3) is 2.99. The van der Waals surface area contributed by atoms with Gasteiger partial charge < -0.3 is 0 Å². The molecule has 0 N–H and O–H groups in total. The number of ketones is 1. The molecule has 108 valence electrons. The molecule has 0 aliphatic rings. The zero-order valence-electron chi connectivity index (χ0n) is 12.3. The van der Waals surface area contributed by atoms with Crippen molar-refractivity contribution in [3.05, 3.63) is 79.9 Å². The van der Waals surface area contributed by atoms with Gasteiger partial charge in [0.15, 0.2) is 5.78 Å². The predicted molar refractivity (Wildman–Crippen MR) is 81.2 cm³/mol. The van der Waals surface area contributed by atoms with Crippen LogP contribution in [0.3, 0.4) is 0 Å². The van der Waals surface area contributed by atoms with Crippen molar-refractivity contribution >= 4 is 5.78 Å². The van der Waals surface area contributed by atoms with Crippen molar-refractivity contribution in [3.8, 4) is 0 Å². The van der Waals surface area contributed by atoms with E-state index in [9.17, 15) is 14.9 Å². The Morgan fingerprint density at radius 2 is 1.71 bits per heavy atom. The van der Waals surface area contributed by atoms with Crippen LogP contribution in [0.4, 0.5) is 0 Å². The predicted octanol–water partition coefficient (Wildman–Crippen LogP) is 3.62. The summed E-state index contributed by atoms with van der Waals surface area (Å²) in [6.45, 7) is 5.24. The quantitative estimate of drug-likeness (QED) is 0.489. The second-order valence-corrected chi connectivity index (χ2v) is 5.17. The highest BCUT2D eigenvalue weighted by atomic mass is 16.6. The molecule has 0 saturated heterocycles. The Morgan fingerprint density at radius 3 is 2.29 bits per heavy atom. The summed E-state index contributed by atoms with van der Waals surface area (Å²) in [7, 11) is 0. The number of aryl methyl sites for hydroxylation is 2. The lowest BCUT2D eigenvalue weighted by Gasteiger charge is -2.14. The van der Waals surface area contributed by atoms with Crippen molar-refractivity contribution in [2.24, 2.45) is 0 Å². The Bertz CT molecular complexity index is 706. The van der Waals surface area contributed by atoms with E-state index in [0.29, 0.717) is 16.7 Å². The highest BCUT2D eigenvalue weighted by molar-refractivity contribution is 6.11. The third-order valence-corrected chi connectivity index (χ3v) is 3.73. The van der Waals surface area contributed by atoms with Crippen molar-refractivity contribution in [3.63, 3.8) is 0 Å². The van der Waals surface area contributed by atoms with Crippen LogP contribution < -0.4 is 0 Å². The summed E-state index contributed by atoms with van der Waals surface area (Å²) in [4.78, 5) is 23.3. The van der Waals surface area contributed by atoms with E-state index in [1.165, 1.54) is 0 Å². The number of nitrogens with zero attached hydrogens (tertiary/aromatic N) is 1. The molecule has 0 aliphatic heterocycles. The summed E-state index contributed by atoms with van der Waals surface area (Å²) in [5.74, 6) is -0.156. The number of hydrogen-bond acceptors (Lipinski definition) is 3. The lowest BCUT2D eigenvalue weighted by Crippen LogP contribution is -2.13. The van der Waals surface area contributed by atoms with Crippen LogP contribution in [0.2, 0.25) is 0 Å². The average Bonchev–Trinajstić information content (AvgIpc) is 2.45. The van der Waals surface area contributed by atoms with Gasteiger partial charge in [0, 0.05) is 21.6 Å². The summed E-state index contributed by atoms with van der Waals surface area (Å²) in [6, 6.07) is 10.8. The molecular formula is C17H17NO3. The average molecular weight is 283 g/mol. The molecular weight excluding hydrogens is 266 g/mol. The zero-order chi connectivity index (χ0) is 15.6. The van der Waals surface area contributed by atoms with Crippen LogP contribution in [0.25, 0.3) is 0 Å². The number of carbonyl (C=O) groups is 1. The first-order chi connectivity index (χ1) is 9.91. The van der Waals surface area contributed by atoms with Crippen molar-refractivity contribution in [2.75, 3.05) is 0 Å². The third-order valence-electron chi connectivity index (χ3n) is 3.73. The van der Waals surface area contributed by atoms with Gasteiger partial charge in [-0.25, -0.2) is 0 Å². The van der Waals surface area contributed by atoms with Gasteiger partial charge in [-0.2, -0.15) is 0 Å². The second kappa shape index (κ2) is 5.87. The van der Waals surface area contributed by atoms with Gasteiger partial charge in [0.2, 0.25) is 6.54 Å². The van der Waals surface area contributed by atoms with E-state index < -0.39 is 4.92 Å². The first-order valence-corrected chi connectivity index (χ1v) is 6.73. The normalized spacial score (nSPS) is 10.4. The van der Waals surface area contributed by atoms with E-state index in [-0.39, 0.29) is 12.3 Å². The van der Waals surface area contributed by atoms with Gasteiger partial charge in [0.1, 0.15) is 0 Å². The van der Waals surface area contributed by atoms with Crippen LogP contribution >= 0.6 is 0 Å². The number of benzene rings is 2. The van der Waals surface area contributed by atoms with Gasteiger partial charge in [-0.1, -0.05) is 36.4 Å². The van der Waals surface area contributed by atoms with E-state index >= 15 is 0 Å². The maximum absolute atomic E-state index is 12.8. The number of rotatable bonds is 4. The standard InChI is InChI=1S/C17H17NO3/c1-11-9-12(2)15(10-18(20)21)16(13(11)3)17(19)14-7-5-4-6-8-14/h4-9H,10H2,1-3H3. The molecule has 4 heteroatoms. The van der Waals surface area contributed by atoms with E-state index in [4.69, 9.17) is 0 Å². The summed E-state index contributed by atoms with van der Waals surface area (Å²) in [5, 5.41) is 10.9. The second-order valence-electron chi connectivity index (χ2n) is 5.17. The molecule has 2 rings (SSSR count). The minimum Gasteiger partial charge on any atom is -0.289 e. The fraction of sp³-hybridized carbons (Fsp3) is 0.235. The van der Waals surface area contributed by atoms with Gasteiger partial charge in [0.05, 0.1) is 0 Å². The molecule has 0 amide bonds. The molecule has 0 spiro atoms. The number of carbonyl (C=O) groups excluding carboxylic acids is 1. The van der Waals surface area contributed by atoms with E-state index in [1.807, 2.05) is 32.9 Å². The highest BCUT2D eigenvalue weighted by Crippen LogP contribution is 2.25. The van der Waals surface area contributed by atoms with Gasteiger partial charge in [-0.05, 0) is 37.5 Å². The summed E-state index contributed by atoms with van der Waals surface area (Å²) in [6.07, 6.45) is 0. The van der Waals surface area contributed by atoms with Crippen LogP contribution in [0.15, 0.2) is 36.4 Å². The molecule has 2 aromatic carbocycles. The lowest BCUT2D eigenvalue weighted by atomic mass is 9.88. The molecule has 0 saturated carbocycles. The highest BCUT2D eigenvalue weighted by Gasteiger charge is 2.22. The van der Waals surface area contributed by atoms with Gasteiger partial charge in [-0.15, -0.1) is 0 Å². The first-order valence-electron chi connectivity index (χ1n) is 6.73. The molecule has 0 heterocycles.